The van der Waals surface area contributed by atoms with Crippen molar-refractivity contribution in [3.05, 3.63) is 30.6 Å². The van der Waals surface area contributed by atoms with E-state index in [4.69, 9.17) is 5.73 Å². The smallest absolute Gasteiger partial charge is 0.226 e. The molecule has 100 valence electrons. The number of benzene rings is 1. The van der Waals surface area contributed by atoms with E-state index < -0.39 is 5.54 Å². The number of tetrazole rings is 1. The minimum absolute atomic E-state index is 0.145. The number of carbonyl (C=O) groups excluding carboxylic acids is 1. The van der Waals surface area contributed by atoms with Crippen molar-refractivity contribution in [3.8, 4) is 5.69 Å². The summed E-state index contributed by atoms with van der Waals surface area (Å²) in [4.78, 5) is 11.9. The van der Waals surface area contributed by atoms with Crippen LogP contribution in [0.4, 0.5) is 5.69 Å². The van der Waals surface area contributed by atoms with Gasteiger partial charge in [-0.05, 0) is 36.4 Å². The van der Waals surface area contributed by atoms with E-state index in [1.54, 1.807) is 19.9 Å². The van der Waals surface area contributed by atoms with Crippen LogP contribution < -0.4 is 11.1 Å². The summed E-state index contributed by atoms with van der Waals surface area (Å²) in [6, 6.07) is 7.29. The molecule has 0 aliphatic rings. The first-order valence-electron chi connectivity index (χ1n) is 5.87. The van der Waals surface area contributed by atoms with Crippen molar-refractivity contribution in [1.29, 1.82) is 0 Å². The molecule has 2 aromatic rings. The lowest BCUT2D eigenvalue weighted by atomic mass is 10.0. The predicted molar refractivity (Wildman–Crippen MR) is 70.7 cm³/mol. The van der Waals surface area contributed by atoms with Crippen molar-refractivity contribution in [2.75, 3.05) is 5.32 Å². The fourth-order valence-corrected chi connectivity index (χ4v) is 1.66. The van der Waals surface area contributed by atoms with Gasteiger partial charge in [-0.25, -0.2) is 0 Å². The van der Waals surface area contributed by atoms with Gasteiger partial charge in [-0.1, -0.05) is 12.1 Å². The molecule has 0 radical (unpaired) electrons. The van der Waals surface area contributed by atoms with E-state index in [9.17, 15) is 4.79 Å². The number of rotatable bonds is 4. The Morgan fingerprint density at radius 1 is 1.42 bits per heavy atom. The van der Waals surface area contributed by atoms with Gasteiger partial charge in [-0.15, -0.1) is 5.10 Å². The molecule has 7 heteroatoms. The number of para-hydroxylation sites is 2. The fraction of sp³-hybridized carbons (Fsp3) is 0.333. The van der Waals surface area contributed by atoms with Crippen LogP contribution in [0.15, 0.2) is 30.6 Å². The Balaban J connectivity index is 2.20. The molecule has 3 N–H and O–H groups in total. The third-order valence-electron chi connectivity index (χ3n) is 2.39. The van der Waals surface area contributed by atoms with Crippen LogP contribution in [0.5, 0.6) is 0 Å². The van der Waals surface area contributed by atoms with Crippen LogP contribution in [0.3, 0.4) is 0 Å². The molecule has 0 aliphatic heterocycles. The van der Waals surface area contributed by atoms with E-state index in [1.165, 1.54) is 11.0 Å². The predicted octanol–water partition coefficient (Wildman–Crippen LogP) is 0.728. The van der Waals surface area contributed by atoms with Gasteiger partial charge < -0.3 is 11.1 Å². The molecule has 0 saturated heterocycles. The molecule has 0 unspecified atom stereocenters. The SMILES string of the molecule is CC(C)(N)CC(=O)Nc1ccccc1-n1cnnn1. The molecule has 7 nitrogen and oxygen atoms in total. The highest BCUT2D eigenvalue weighted by molar-refractivity contribution is 5.93. The van der Waals surface area contributed by atoms with E-state index in [2.05, 4.69) is 20.8 Å². The van der Waals surface area contributed by atoms with Gasteiger partial charge in [0, 0.05) is 12.0 Å². The van der Waals surface area contributed by atoms with Crippen molar-refractivity contribution in [2.24, 2.45) is 5.73 Å². The lowest BCUT2D eigenvalue weighted by molar-refractivity contribution is -0.117. The molecule has 1 amide bonds. The van der Waals surface area contributed by atoms with Crippen LogP contribution >= 0.6 is 0 Å². The molecule has 1 heterocycles. The highest BCUT2D eigenvalue weighted by Crippen LogP contribution is 2.19. The van der Waals surface area contributed by atoms with Gasteiger partial charge >= 0.3 is 0 Å². The zero-order chi connectivity index (χ0) is 13.9. The van der Waals surface area contributed by atoms with Gasteiger partial charge in [-0.2, -0.15) is 4.68 Å². The third kappa shape index (κ3) is 3.59. The van der Waals surface area contributed by atoms with Gasteiger partial charge in [0.05, 0.1) is 11.4 Å². The van der Waals surface area contributed by atoms with E-state index in [-0.39, 0.29) is 12.3 Å². The minimum Gasteiger partial charge on any atom is -0.325 e. The largest absolute Gasteiger partial charge is 0.325 e. The van der Waals surface area contributed by atoms with Crippen LogP contribution in [0.25, 0.3) is 5.69 Å². The number of carbonyl (C=O) groups is 1. The first kappa shape index (κ1) is 13.2. The molecule has 0 spiro atoms. The molecule has 1 aromatic carbocycles. The first-order chi connectivity index (χ1) is 8.96. The van der Waals surface area contributed by atoms with E-state index in [1.807, 2.05) is 18.2 Å². The number of nitrogens with zero attached hydrogens (tertiary/aromatic N) is 4. The second-order valence-electron chi connectivity index (χ2n) is 4.99. The molecule has 0 saturated carbocycles. The first-order valence-corrected chi connectivity index (χ1v) is 5.87. The summed E-state index contributed by atoms with van der Waals surface area (Å²) in [5.74, 6) is -0.145. The number of aromatic nitrogens is 4. The Bertz CT molecular complexity index is 558. The van der Waals surface area contributed by atoms with Gasteiger partial charge in [-0.3, -0.25) is 4.79 Å². The number of nitrogens with one attached hydrogen (secondary N) is 1. The zero-order valence-corrected chi connectivity index (χ0v) is 10.9. The molecule has 0 bridgehead atoms. The number of amides is 1. The van der Waals surface area contributed by atoms with Crippen LogP contribution in [0.2, 0.25) is 0 Å². The van der Waals surface area contributed by atoms with Crippen LogP contribution in [-0.4, -0.2) is 31.7 Å². The Morgan fingerprint density at radius 3 is 2.79 bits per heavy atom. The van der Waals surface area contributed by atoms with Crippen LogP contribution in [-0.2, 0) is 4.79 Å². The Kier molecular flexibility index (Phi) is 3.57. The standard InChI is InChI=1S/C12H16N6O/c1-12(2,13)7-11(19)15-9-5-3-4-6-10(9)18-8-14-16-17-18/h3-6,8H,7,13H2,1-2H3,(H,15,19). The average molecular weight is 260 g/mol. The Morgan fingerprint density at radius 2 is 2.16 bits per heavy atom. The lowest BCUT2D eigenvalue weighted by Gasteiger charge is -2.18. The second kappa shape index (κ2) is 5.15. The van der Waals surface area contributed by atoms with Crippen molar-refractivity contribution < 1.29 is 4.79 Å². The summed E-state index contributed by atoms with van der Waals surface area (Å²) >= 11 is 0. The van der Waals surface area contributed by atoms with Crippen molar-refractivity contribution in [1.82, 2.24) is 20.2 Å². The normalized spacial score (nSPS) is 11.3. The van der Waals surface area contributed by atoms with Gasteiger partial charge in [0.25, 0.3) is 0 Å². The Labute approximate surface area is 110 Å². The summed E-state index contributed by atoms with van der Waals surface area (Å²) in [5, 5.41) is 13.8. The zero-order valence-electron chi connectivity index (χ0n) is 10.9. The molecule has 1 aromatic heterocycles. The molecule has 2 rings (SSSR count). The van der Waals surface area contributed by atoms with E-state index in [0.29, 0.717) is 11.4 Å². The summed E-state index contributed by atoms with van der Waals surface area (Å²) in [7, 11) is 0. The number of hydrogen-bond donors (Lipinski definition) is 2. The minimum atomic E-state index is -0.548. The van der Waals surface area contributed by atoms with Crippen molar-refractivity contribution in [2.45, 2.75) is 25.8 Å². The summed E-state index contributed by atoms with van der Waals surface area (Å²) in [6.45, 7) is 3.61. The topological polar surface area (TPSA) is 98.7 Å². The maximum atomic E-state index is 11.9. The molecule has 0 fully saturated rings. The van der Waals surface area contributed by atoms with E-state index >= 15 is 0 Å². The van der Waals surface area contributed by atoms with E-state index in [0.717, 1.165) is 0 Å². The van der Waals surface area contributed by atoms with Crippen LogP contribution in [0, 0.1) is 0 Å². The molecular weight excluding hydrogens is 244 g/mol. The fourth-order valence-electron chi connectivity index (χ4n) is 1.66. The summed E-state index contributed by atoms with van der Waals surface area (Å²) < 4.78 is 1.49. The maximum Gasteiger partial charge on any atom is 0.226 e. The van der Waals surface area contributed by atoms with Crippen LogP contribution in [0.1, 0.15) is 20.3 Å². The summed E-state index contributed by atoms with van der Waals surface area (Å²) in [5.41, 5.74) is 6.62. The highest BCUT2D eigenvalue weighted by atomic mass is 16.1. The quantitative estimate of drug-likeness (QED) is 0.844. The third-order valence-corrected chi connectivity index (χ3v) is 2.39. The lowest BCUT2D eigenvalue weighted by Crippen LogP contribution is -2.36. The van der Waals surface area contributed by atoms with Gasteiger partial charge in [0.2, 0.25) is 5.91 Å². The maximum absolute atomic E-state index is 11.9. The number of nitrogens with two attached hydrogens (primary N) is 1. The number of anilines is 1. The molecule has 0 atom stereocenters. The monoisotopic (exact) mass is 260 g/mol. The van der Waals surface area contributed by atoms with Gasteiger partial charge in [0.1, 0.15) is 6.33 Å². The van der Waals surface area contributed by atoms with Gasteiger partial charge in [0.15, 0.2) is 0 Å². The molecule has 0 aliphatic carbocycles. The summed E-state index contributed by atoms with van der Waals surface area (Å²) in [6.07, 6.45) is 1.70. The van der Waals surface area contributed by atoms with Crippen molar-refractivity contribution >= 4 is 11.6 Å². The second-order valence-corrected chi connectivity index (χ2v) is 4.99. The number of hydrogen-bond acceptors (Lipinski definition) is 5. The highest BCUT2D eigenvalue weighted by Gasteiger charge is 2.17. The molecule has 19 heavy (non-hydrogen) atoms. The molecular formula is C12H16N6O. The Hall–Kier alpha value is -2.28. The average Bonchev–Trinajstić information content (AvgIpc) is 2.80. The van der Waals surface area contributed by atoms with Crippen molar-refractivity contribution in [3.63, 3.8) is 0 Å².